The molecule has 2 rings (SSSR count). The van der Waals surface area contributed by atoms with Crippen molar-refractivity contribution in [3.05, 3.63) is 17.5 Å². The SMILES string of the molecule is Cc1[nH]ncc1CNCC1(N(C)C)CCC1. The standard InChI is InChI=1S/C12H22N4/c1-10-11(8-14-15-10)7-13-9-12(16(2)3)5-4-6-12/h8,13H,4-7,9H2,1-3H3,(H,14,15). The number of aryl methyl sites for hydroxylation is 1. The normalized spacial score (nSPS) is 18.8. The zero-order valence-corrected chi connectivity index (χ0v) is 10.5. The van der Waals surface area contributed by atoms with Gasteiger partial charge in [-0.25, -0.2) is 0 Å². The lowest BCUT2D eigenvalue weighted by molar-refractivity contribution is 0.0598. The summed E-state index contributed by atoms with van der Waals surface area (Å²) in [6.07, 6.45) is 5.91. The molecule has 0 radical (unpaired) electrons. The molecule has 0 bridgehead atoms. The quantitative estimate of drug-likeness (QED) is 0.789. The van der Waals surface area contributed by atoms with Gasteiger partial charge in [0.2, 0.25) is 0 Å². The summed E-state index contributed by atoms with van der Waals surface area (Å²) < 4.78 is 0. The largest absolute Gasteiger partial charge is 0.311 e. The molecule has 90 valence electrons. The molecule has 0 saturated heterocycles. The number of nitrogens with one attached hydrogen (secondary N) is 2. The monoisotopic (exact) mass is 222 g/mol. The van der Waals surface area contributed by atoms with Crippen molar-refractivity contribution in [1.29, 1.82) is 0 Å². The molecular weight excluding hydrogens is 200 g/mol. The smallest absolute Gasteiger partial charge is 0.0535 e. The van der Waals surface area contributed by atoms with Gasteiger partial charge in [-0.3, -0.25) is 5.10 Å². The van der Waals surface area contributed by atoms with Crippen LogP contribution in [0.2, 0.25) is 0 Å². The Morgan fingerprint density at radius 1 is 1.50 bits per heavy atom. The Morgan fingerprint density at radius 3 is 2.69 bits per heavy atom. The minimum absolute atomic E-state index is 0.400. The van der Waals surface area contributed by atoms with Gasteiger partial charge in [0, 0.05) is 29.9 Å². The molecule has 0 aromatic carbocycles. The van der Waals surface area contributed by atoms with Crippen LogP contribution in [0.1, 0.15) is 30.5 Å². The Balaban J connectivity index is 1.82. The summed E-state index contributed by atoms with van der Waals surface area (Å²) in [5.41, 5.74) is 2.84. The second-order valence-corrected chi connectivity index (χ2v) is 5.10. The van der Waals surface area contributed by atoms with E-state index in [9.17, 15) is 0 Å². The first-order valence-electron chi connectivity index (χ1n) is 6.01. The van der Waals surface area contributed by atoms with Gasteiger partial charge in [0.15, 0.2) is 0 Å². The molecule has 16 heavy (non-hydrogen) atoms. The number of rotatable bonds is 5. The highest BCUT2D eigenvalue weighted by Crippen LogP contribution is 2.35. The lowest BCUT2D eigenvalue weighted by atomic mass is 9.75. The van der Waals surface area contributed by atoms with Gasteiger partial charge in [0.1, 0.15) is 0 Å². The molecule has 1 heterocycles. The number of aromatic amines is 1. The van der Waals surface area contributed by atoms with Gasteiger partial charge in [-0.15, -0.1) is 0 Å². The van der Waals surface area contributed by atoms with Crippen molar-refractivity contribution >= 4 is 0 Å². The molecule has 1 aliphatic rings. The van der Waals surface area contributed by atoms with Crippen molar-refractivity contribution in [3.8, 4) is 0 Å². The summed E-state index contributed by atoms with van der Waals surface area (Å²) in [4.78, 5) is 2.37. The van der Waals surface area contributed by atoms with Crippen LogP contribution >= 0.6 is 0 Å². The van der Waals surface area contributed by atoms with Crippen LogP contribution in [0.25, 0.3) is 0 Å². The van der Waals surface area contributed by atoms with Crippen molar-refractivity contribution in [2.45, 2.75) is 38.3 Å². The van der Waals surface area contributed by atoms with E-state index in [2.05, 4.69) is 41.4 Å². The van der Waals surface area contributed by atoms with Crippen LogP contribution < -0.4 is 5.32 Å². The third-order valence-corrected chi connectivity index (χ3v) is 3.94. The maximum absolute atomic E-state index is 4.03. The van der Waals surface area contributed by atoms with E-state index in [0.29, 0.717) is 5.54 Å². The van der Waals surface area contributed by atoms with Crippen molar-refractivity contribution in [2.24, 2.45) is 0 Å². The molecule has 2 N–H and O–H groups in total. The Morgan fingerprint density at radius 2 is 2.25 bits per heavy atom. The number of hydrogen-bond donors (Lipinski definition) is 2. The molecule has 1 aromatic heterocycles. The second kappa shape index (κ2) is 4.55. The predicted octanol–water partition coefficient (Wildman–Crippen LogP) is 1.29. The molecule has 0 spiro atoms. The van der Waals surface area contributed by atoms with Gasteiger partial charge >= 0.3 is 0 Å². The van der Waals surface area contributed by atoms with Crippen LogP contribution in [0.4, 0.5) is 0 Å². The Labute approximate surface area is 97.4 Å². The van der Waals surface area contributed by atoms with Crippen molar-refractivity contribution in [1.82, 2.24) is 20.4 Å². The summed E-state index contributed by atoms with van der Waals surface area (Å²) >= 11 is 0. The van der Waals surface area contributed by atoms with Crippen LogP contribution in [-0.4, -0.2) is 41.3 Å². The third kappa shape index (κ3) is 2.13. The van der Waals surface area contributed by atoms with Gasteiger partial charge in [-0.1, -0.05) is 0 Å². The summed E-state index contributed by atoms with van der Waals surface area (Å²) in [7, 11) is 4.37. The predicted molar refractivity (Wildman–Crippen MR) is 65.3 cm³/mol. The van der Waals surface area contributed by atoms with Crippen LogP contribution in [-0.2, 0) is 6.54 Å². The minimum Gasteiger partial charge on any atom is -0.311 e. The first-order chi connectivity index (χ1) is 7.64. The fraction of sp³-hybridized carbons (Fsp3) is 0.750. The number of nitrogens with zero attached hydrogens (tertiary/aromatic N) is 2. The van der Waals surface area contributed by atoms with Gasteiger partial charge in [-0.05, 0) is 40.3 Å². The summed E-state index contributed by atoms with van der Waals surface area (Å²) in [6.45, 7) is 4.05. The Hall–Kier alpha value is -0.870. The fourth-order valence-electron chi connectivity index (χ4n) is 2.35. The molecule has 1 aliphatic carbocycles. The van der Waals surface area contributed by atoms with E-state index in [-0.39, 0.29) is 0 Å². The number of hydrogen-bond acceptors (Lipinski definition) is 3. The average molecular weight is 222 g/mol. The molecule has 0 amide bonds. The maximum atomic E-state index is 4.03. The lowest BCUT2D eigenvalue weighted by Gasteiger charge is -2.47. The molecule has 0 atom stereocenters. The molecule has 1 saturated carbocycles. The van der Waals surface area contributed by atoms with Crippen molar-refractivity contribution < 1.29 is 0 Å². The van der Waals surface area contributed by atoms with E-state index >= 15 is 0 Å². The van der Waals surface area contributed by atoms with Crippen LogP contribution in [0.3, 0.4) is 0 Å². The third-order valence-electron chi connectivity index (χ3n) is 3.94. The topological polar surface area (TPSA) is 44.0 Å². The molecule has 0 aliphatic heterocycles. The van der Waals surface area contributed by atoms with E-state index in [1.807, 2.05) is 6.20 Å². The number of aromatic nitrogens is 2. The van der Waals surface area contributed by atoms with E-state index < -0.39 is 0 Å². The molecular formula is C12H22N4. The van der Waals surface area contributed by atoms with Crippen LogP contribution in [0, 0.1) is 6.92 Å². The maximum Gasteiger partial charge on any atom is 0.0535 e. The summed E-state index contributed by atoms with van der Waals surface area (Å²) in [6, 6.07) is 0. The zero-order valence-electron chi connectivity index (χ0n) is 10.5. The number of likely N-dealkylation sites (N-methyl/N-ethyl adjacent to an activating group) is 1. The van der Waals surface area contributed by atoms with Crippen LogP contribution in [0.15, 0.2) is 6.20 Å². The minimum atomic E-state index is 0.400. The Bertz CT molecular complexity index is 339. The zero-order chi connectivity index (χ0) is 11.6. The summed E-state index contributed by atoms with van der Waals surface area (Å²) in [5, 5.41) is 10.5. The molecule has 0 unspecified atom stereocenters. The average Bonchev–Trinajstić information content (AvgIpc) is 2.55. The highest BCUT2D eigenvalue weighted by atomic mass is 15.2. The first-order valence-corrected chi connectivity index (χ1v) is 6.01. The molecule has 1 aromatic rings. The van der Waals surface area contributed by atoms with E-state index in [4.69, 9.17) is 0 Å². The van der Waals surface area contributed by atoms with Crippen LogP contribution in [0.5, 0.6) is 0 Å². The van der Waals surface area contributed by atoms with E-state index in [1.54, 1.807) is 0 Å². The molecule has 4 nitrogen and oxygen atoms in total. The first kappa shape index (κ1) is 11.6. The van der Waals surface area contributed by atoms with E-state index in [1.165, 1.54) is 30.5 Å². The van der Waals surface area contributed by atoms with Crippen molar-refractivity contribution in [2.75, 3.05) is 20.6 Å². The van der Waals surface area contributed by atoms with E-state index in [0.717, 1.165) is 13.1 Å². The Kier molecular flexibility index (Phi) is 3.30. The lowest BCUT2D eigenvalue weighted by Crippen LogP contribution is -2.56. The molecule has 1 fully saturated rings. The van der Waals surface area contributed by atoms with Gasteiger partial charge in [0.05, 0.1) is 6.20 Å². The van der Waals surface area contributed by atoms with Crippen molar-refractivity contribution in [3.63, 3.8) is 0 Å². The van der Waals surface area contributed by atoms with Gasteiger partial charge in [0.25, 0.3) is 0 Å². The summed E-state index contributed by atoms with van der Waals surface area (Å²) in [5.74, 6) is 0. The fourth-order valence-corrected chi connectivity index (χ4v) is 2.35. The second-order valence-electron chi connectivity index (χ2n) is 5.10. The molecule has 4 heteroatoms. The number of H-pyrrole nitrogens is 1. The van der Waals surface area contributed by atoms with Gasteiger partial charge < -0.3 is 10.2 Å². The highest BCUT2D eigenvalue weighted by Gasteiger charge is 2.38. The highest BCUT2D eigenvalue weighted by molar-refractivity contribution is 5.14. The van der Waals surface area contributed by atoms with Gasteiger partial charge in [-0.2, -0.15) is 5.10 Å².